The molecule has 0 atom stereocenters. The van der Waals surface area contributed by atoms with Crippen LogP contribution in [0.2, 0.25) is 0 Å². The van der Waals surface area contributed by atoms with Gasteiger partial charge in [-0.3, -0.25) is 9.78 Å². The first kappa shape index (κ1) is 14.7. The molecule has 0 unspecified atom stereocenters. The van der Waals surface area contributed by atoms with Crippen molar-refractivity contribution >= 4 is 16.6 Å². The Kier molecular flexibility index (Phi) is 3.45. The molecule has 0 radical (unpaired) electrons. The highest BCUT2D eigenvalue weighted by atomic mass is 16.5. The molecule has 4 rings (SSSR count). The van der Waals surface area contributed by atoms with Gasteiger partial charge < -0.3 is 9.47 Å². The largest absolute Gasteiger partial charge is 0.490 e. The lowest BCUT2D eigenvalue weighted by molar-refractivity contribution is 0.103. The van der Waals surface area contributed by atoms with Gasteiger partial charge in [0.1, 0.15) is 5.69 Å². The summed E-state index contributed by atoms with van der Waals surface area (Å²) >= 11 is 0. The number of nitrogens with zero attached hydrogens (tertiary/aromatic N) is 1. The minimum absolute atomic E-state index is 0.0710. The van der Waals surface area contributed by atoms with Gasteiger partial charge in [-0.05, 0) is 43.0 Å². The molecule has 3 aromatic rings. The number of hydrogen-bond acceptors (Lipinski definition) is 4. The van der Waals surface area contributed by atoms with Crippen LogP contribution in [0.15, 0.2) is 42.6 Å². The molecule has 0 spiro atoms. The van der Waals surface area contributed by atoms with Crippen LogP contribution in [0.5, 0.6) is 11.5 Å². The summed E-state index contributed by atoms with van der Waals surface area (Å²) in [6, 6.07) is 11.5. The fourth-order valence-corrected chi connectivity index (χ4v) is 3.32. The van der Waals surface area contributed by atoms with E-state index in [1.165, 1.54) is 0 Å². The molecule has 0 fully saturated rings. The Labute approximate surface area is 140 Å². The van der Waals surface area contributed by atoms with Crippen LogP contribution in [0.25, 0.3) is 21.9 Å². The van der Waals surface area contributed by atoms with Gasteiger partial charge in [0.25, 0.3) is 0 Å². The van der Waals surface area contributed by atoms with Crippen molar-refractivity contribution in [1.29, 1.82) is 0 Å². The molecule has 0 aliphatic heterocycles. The van der Waals surface area contributed by atoms with E-state index in [2.05, 4.69) is 4.98 Å². The molecule has 0 saturated carbocycles. The molecule has 1 heterocycles. The number of aromatic nitrogens is 1. The number of carbonyl (C=O) groups excluding carboxylic acids is 1. The molecule has 0 bridgehead atoms. The molecule has 2 aromatic carbocycles. The van der Waals surface area contributed by atoms with Gasteiger partial charge in [0, 0.05) is 22.7 Å². The molecular formula is C20H17NO3. The lowest BCUT2D eigenvalue weighted by atomic mass is 9.84. The van der Waals surface area contributed by atoms with Gasteiger partial charge in [0.15, 0.2) is 11.5 Å². The molecule has 24 heavy (non-hydrogen) atoms. The van der Waals surface area contributed by atoms with Crippen molar-refractivity contribution in [3.05, 3.63) is 53.9 Å². The second-order valence-electron chi connectivity index (χ2n) is 5.57. The molecule has 4 nitrogen and oxygen atoms in total. The summed E-state index contributed by atoms with van der Waals surface area (Å²) < 4.78 is 11.6. The normalized spacial score (nSPS) is 12.2. The predicted molar refractivity (Wildman–Crippen MR) is 92.9 cm³/mol. The number of benzene rings is 2. The van der Waals surface area contributed by atoms with Crippen LogP contribution in [-0.2, 0) is 0 Å². The lowest BCUT2D eigenvalue weighted by Crippen LogP contribution is -2.13. The van der Waals surface area contributed by atoms with Crippen molar-refractivity contribution in [2.75, 3.05) is 13.2 Å². The Balaban J connectivity index is 2.12. The average molecular weight is 319 g/mol. The summed E-state index contributed by atoms with van der Waals surface area (Å²) in [5, 5.41) is 1.88. The SMILES string of the molecule is CCOc1ccc2c(c1OCC)-c1cccc3ccnc(c13)C2=O. The highest BCUT2D eigenvalue weighted by Crippen LogP contribution is 2.47. The molecule has 1 aliphatic carbocycles. The van der Waals surface area contributed by atoms with Crippen LogP contribution in [0.4, 0.5) is 0 Å². The Morgan fingerprint density at radius 1 is 0.958 bits per heavy atom. The summed E-state index contributed by atoms with van der Waals surface area (Å²) in [4.78, 5) is 17.3. The van der Waals surface area contributed by atoms with Crippen molar-refractivity contribution in [3.63, 3.8) is 0 Å². The fourth-order valence-electron chi connectivity index (χ4n) is 3.32. The van der Waals surface area contributed by atoms with Crippen molar-refractivity contribution in [2.45, 2.75) is 13.8 Å². The van der Waals surface area contributed by atoms with E-state index in [4.69, 9.17) is 9.47 Å². The van der Waals surface area contributed by atoms with Gasteiger partial charge in [-0.15, -0.1) is 0 Å². The zero-order chi connectivity index (χ0) is 16.7. The number of pyridine rings is 1. The first-order valence-electron chi connectivity index (χ1n) is 8.11. The van der Waals surface area contributed by atoms with Gasteiger partial charge in [0.2, 0.25) is 5.78 Å². The van der Waals surface area contributed by atoms with Crippen LogP contribution in [0.1, 0.15) is 29.9 Å². The third-order valence-corrected chi connectivity index (χ3v) is 4.23. The van der Waals surface area contributed by atoms with E-state index in [1.54, 1.807) is 12.3 Å². The minimum Gasteiger partial charge on any atom is -0.490 e. The van der Waals surface area contributed by atoms with Crippen molar-refractivity contribution in [2.24, 2.45) is 0 Å². The highest BCUT2D eigenvalue weighted by molar-refractivity contribution is 6.25. The Hall–Kier alpha value is -2.88. The molecular weight excluding hydrogens is 302 g/mol. The van der Waals surface area contributed by atoms with E-state index in [0.717, 1.165) is 21.9 Å². The highest BCUT2D eigenvalue weighted by Gasteiger charge is 2.30. The standard InChI is InChI=1S/C20H17NO3/c1-3-23-15-9-8-14-17(20(15)24-4-2)13-7-5-6-12-10-11-21-18(16(12)13)19(14)22/h5-11H,3-4H2,1-2H3. The number of ether oxygens (including phenoxy) is 2. The van der Waals surface area contributed by atoms with E-state index in [9.17, 15) is 4.79 Å². The smallest absolute Gasteiger partial charge is 0.212 e. The minimum atomic E-state index is -0.0710. The second kappa shape index (κ2) is 5.64. The zero-order valence-electron chi connectivity index (χ0n) is 13.6. The molecule has 120 valence electrons. The van der Waals surface area contributed by atoms with Gasteiger partial charge >= 0.3 is 0 Å². The van der Waals surface area contributed by atoms with Gasteiger partial charge in [-0.1, -0.05) is 18.2 Å². The number of ketones is 1. The number of fused-ring (bicyclic) bond motifs is 2. The van der Waals surface area contributed by atoms with Crippen molar-refractivity contribution in [3.8, 4) is 22.6 Å². The Morgan fingerprint density at radius 3 is 2.58 bits per heavy atom. The van der Waals surface area contributed by atoms with E-state index < -0.39 is 0 Å². The first-order valence-corrected chi connectivity index (χ1v) is 8.11. The van der Waals surface area contributed by atoms with Gasteiger partial charge in [-0.2, -0.15) is 0 Å². The second-order valence-corrected chi connectivity index (χ2v) is 5.57. The molecule has 0 N–H and O–H groups in total. The van der Waals surface area contributed by atoms with E-state index in [0.29, 0.717) is 36.0 Å². The molecule has 1 aliphatic rings. The monoisotopic (exact) mass is 319 g/mol. The maximum atomic E-state index is 13.0. The average Bonchev–Trinajstić information content (AvgIpc) is 2.61. The summed E-state index contributed by atoms with van der Waals surface area (Å²) in [5.41, 5.74) is 2.89. The van der Waals surface area contributed by atoms with Crippen LogP contribution in [0.3, 0.4) is 0 Å². The Morgan fingerprint density at radius 2 is 1.79 bits per heavy atom. The van der Waals surface area contributed by atoms with Crippen molar-refractivity contribution < 1.29 is 14.3 Å². The van der Waals surface area contributed by atoms with E-state index in [1.807, 2.05) is 44.2 Å². The predicted octanol–water partition coefficient (Wildman–Crippen LogP) is 4.24. The Bertz CT molecular complexity index is 957. The number of hydrogen-bond donors (Lipinski definition) is 0. The summed E-state index contributed by atoms with van der Waals surface area (Å²) in [6.07, 6.45) is 1.68. The molecule has 0 saturated heterocycles. The molecule has 0 amide bonds. The van der Waals surface area contributed by atoms with Gasteiger partial charge in [0.05, 0.1) is 13.2 Å². The topological polar surface area (TPSA) is 48.4 Å². The third-order valence-electron chi connectivity index (χ3n) is 4.23. The van der Waals surface area contributed by atoms with Crippen LogP contribution in [-0.4, -0.2) is 24.0 Å². The number of rotatable bonds is 4. The van der Waals surface area contributed by atoms with E-state index >= 15 is 0 Å². The zero-order valence-corrected chi connectivity index (χ0v) is 13.6. The summed E-state index contributed by atoms with van der Waals surface area (Å²) in [5.74, 6) is 1.22. The van der Waals surface area contributed by atoms with Gasteiger partial charge in [-0.25, -0.2) is 0 Å². The number of carbonyl (C=O) groups is 1. The maximum Gasteiger partial charge on any atom is 0.212 e. The van der Waals surface area contributed by atoms with Crippen molar-refractivity contribution in [1.82, 2.24) is 4.98 Å². The first-order chi connectivity index (χ1) is 11.8. The molecule has 4 heteroatoms. The third kappa shape index (κ3) is 1.99. The fraction of sp³-hybridized carbons (Fsp3) is 0.200. The lowest BCUT2D eigenvalue weighted by Gasteiger charge is -2.23. The van der Waals surface area contributed by atoms with Crippen LogP contribution >= 0.6 is 0 Å². The quantitative estimate of drug-likeness (QED) is 0.564. The van der Waals surface area contributed by atoms with Crippen LogP contribution in [0, 0.1) is 0 Å². The molecule has 1 aromatic heterocycles. The van der Waals surface area contributed by atoms with E-state index in [-0.39, 0.29) is 5.78 Å². The summed E-state index contributed by atoms with van der Waals surface area (Å²) in [6.45, 7) is 4.89. The van der Waals surface area contributed by atoms with Crippen LogP contribution < -0.4 is 9.47 Å². The maximum absolute atomic E-state index is 13.0. The summed E-state index contributed by atoms with van der Waals surface area (Å²) in [7, 11) is 0.